The zero-order chi connectivity index (χ0) is 13.5. The van der Waals surface area contributed by atoms with Gasteiger partial charge in [-0.1, -0.05) is 0 Å². The van der Waals surface area contributed by atoms with Crippen LogP contribution in [-0.2, 0) is 29.7 Å². The summed E-state index contributed by atoms with van der Waals surface area (Å²) < 4.78 is 3.44. The Morgan fingerprint density at radius 2 is 1.77 bits per heavy atom. The fourth-order valence-corrected chi connectivity index (χ4v) is 6.72. The topological polar surface area (TPSA) is 0 Å². The summed E-state index contributed by atoms with van der Waals surface area (Å²) in [6.45, 7) is 2.28. The molecule has 0 aromatic heterocycles. The summed E-state index contributed by atoms with van der Waals surface area (Å²) in [5.41, 5.74) is 4.64. The zero-order valence-corrected chi connectivity index (χ0v) is 16.3. The fourth-order valence-electron chi connectivity index (χ4n) is 3.16. The molecule has 0 fully saturated rings. The van der Waals surface area contributed by atoms with E-state index in [1.54, 1.807) is 12.1 Å². The number of fused-ring (bicyclic) bond motifs is 3. The van der Waals surface area contributed by atoms with Gasteiger partial charge in [0.2, 0.25) is 0 Å². The van der Waals surface area contributed by atoms with E-state index in [4.69, 9.17) is 0 Å². The minimum Gasteiger partial charge on any atom is -1.00 e. The molecule has 0 saturated carbocycles. The molecule has 0 radical (unpaired) electrons. The molecule has 0 amide bonds. The molecule has 0 N–H and O–H groups in total. The summed E-state index contributed by atoms with van der Waals surface area (Å²) in [6, 6.07) is 13.4. The summed E-state index contributed by atoms with van der Waals surface area (Å²) in [6.07, 6.45) is 9.47. The van der Waals surface area contributed by atoms with Gasteiger partial charge in [0, 0.05) is 0 Å². The van der Waals surface area contributed by atoms with Crippen molar-refractivity contribution in [2.24, 2.45) is 0 Å². The van der Waals surface area contributed by atoms with Crippen LogP contribution in [0.25, 0.3) is 14.1 Å². The van der Waals surface area contributed by atoms with Gasteiger partial charge in [-0.15, -0.1) is 0 Å². The van der Waals surface area contributed by atoms with Crippen LogP contribution in [0.15, 0.2) is 63.5 Å². The SMILES string of the molecule is CC1=[C]([Zr+2][C]2=CCc3ccc4ccccc4c32)CC=C1.[Cl-].[Cl-]. The standard InChI is InChI=1S/C13H9.C6H7.2ClH.Zr/c1-2-6-12-10(4-1)8-9-11-5-3-7-13(11)12;1-6-4-2-3-5-6;;;/h1-4,6,8-9H,5H2;2,4H,3H2,1H3;2*1H;/q;;;;+2/p-2. The Labute approximate surface area is 155 Å². The van der Waals surface area contributed by atoms with Gasteiger partial charge in [0.1, 0.15) is 0 Å². The van der Waals surface area contributed by atoms with Crippen LogP contribution in [0, 0.1) is 0 Å². The van der Waals surface area contributed by atoms with Crippen LogP contribution in [0.5, 0.6) is 0 Å². The number of allylic oxidation sites excluding steroid dienone is 5. The smallest absolute Gasteiger partial charge is 1.00 e. The number of hydrogen-bond acceptors (Lipinski definition) is 0. The van der Waals surface area contributed by atoms with Gasteiger partial charge < -0.3 is 24.8 Å². The first kappa shape index (κ1) is 17.7. The van der Waals surface area contributed by atoms with E-state index < -0.39 is 23.2 Å². The monoisotopic (exact) mass is 404 g/mol. The zero-order valence-electron chi connectivity index (χ0n) is 12.4. The van der Waals surface area contributed by atoms with Gasteiger partial charge >= 0.3 is 132 Å². The first-order valence-corrected chi connectivity index (χ1v) is 9.63. The minimum atomic E-state index is -0.618. The van der Waals surface area contributed by atoms with Crippen molar-refractivity contribution in [3.63, 3.8) is 0 Å². The van der Waals surface area contributed by atoms with E-state index in [1.807, 2.05) is 0 Å². The second-order valence-electron chi connectivity index (χ2n) is 5.54. The van der Waals surface area contributed by atoms with Crippen molar-refractivity contribution in [1.29, 1.82) is 0 Å². The van der Waals surface area contributed by atoms with Crippen LogP contribution in [0.2, 0.25) is 0 Å². The molecular weight excluding hydrogens is 390 g/mol. The minimum absolute atomic E-state index is 0. The molecule has 2 aliphatic rings. The van der Waals surface area contributed by atoms with Crippen LogP contribution in [0.3, 0.4) is 0 Å². The van der Waals surface area contributed by atoms with E-state index >= 15 is 0 Å². The van der Waals surface area contributed by atoms with Gasteiger partial charge in [-0.25, -0.2) is 0 Å². The van der Waals surface area contributed by atoms with E-state index in [9.17, 15) is 0 Å². The second-order valence-corrected chi connectivity index (χ2v) is 8.96. The largest absolute Gasteiger partial charge is 1.00 e. The third-order valence-electron chi connectivity index (χ3n) is 4.26. The number of benzene rings is 2. The van der Waals surface area contributed by atoms with Crippen LogP contribution < -0.4 is 24.8 Å². The van der Waals surface area contributed by atoms with Crippen LogP contribution >= 0.6 is 0 Å². The Morgan fingerprint density at radius 1 is 0.955 bits per heavy atom. The molecular formula is C19H16Cl2Zr. The van der Waals surface area contributed by atoms with E-state index in [0.717, 1.165) is 6.42 Å². The molecule has 0 heterocycles. The Kier molecular flexibility index (Phi) is 5.89. The molecule has 0 unspecified atom stereocenters. The van der Waals surface area contributed by atoms with Gasteiger partial charge in [0.25, 0.3) is 0 Å². The molecule has 0 nitrogen and oxygen atoms in total. The predicted molar refractivity (Wildman–Crippen MR) is 82.1 cm³/mol. The van der Waals surface area contributed by atoms with Crippen molar-refractivity contribution in [3.05, 3.63) is 74.6 Å². The Hall–Kier alpha value is -0.617. The van der Waals surface area contributed by atoms with Gasteiger partial charge in [-0.3, -0.25) is 0 Å². The molecule has 0 saturated heterocycles. The molecule has 4 rings (SSSR count). The fraction of sp³-hybridized carbons (Fsp3) is 0.158. The molecule has 3 heteroatoms. The molecule has 0 aliphatic heterocycles. The maximum absolute atomic E-state index is 2.50. The summed E-state index contributed by atoms with van der Waals surface area (Å²) in [4.78, 5) is 0. The molecule has 110 valence electrons. The van der Waals surface area contributed by atoms with Crippen LogP contribution in [0.1, 0.15) is 24.5 Å². The predicted octanol–water partition coefficient (Wildman–Crippen LogP) is -0.939. The van der Waals surface area contributed by atoms with E-state index in [1.165, 1.54) is 28.3 Å². The number of hydrogen-bond donors (Lipinski definition) is 0. The molecule has 2 aliphatic carbocycles. The van der Waals surface area contributed by atoms with Crippen LogP contribution in [-0.4, -0.2) is 0 Å². The molecule has 2 aromatic rings. The summed E-state index contributed by atoms with van der Waals surface area (Å²) >= 11 is -0.618. The molecule has 0 spiro atoms. The van der Waals surface area contributed by atoms with E-state index in [-0.39, 0.29) is 24.8 Å². The van der Waals surface area contributed by atoms with Crippen molar-refractivity contribution >= 4 is 14.1 Å². The van der Waals surface area contributed by atoms with Crippen molar-refractivity contribution < 1.29 is 48.0 Å². The van der Waals surface area contributed by atoms with Crippen molar-refractivity contribution in [2.45, 2.75) is 19.8 Å². The van der Waals surface area contributed by atoms with Crippen molar-refractivity contribution in [2.75, 3.05) is 0 Å². The average molecular weight is 406 g/mol. The third-order valence-corrected chi connectivity index (χ3v) is 8.25. The Balaban J connectivity index is 0.000000882. The Morgan fingerprint density at radius 3 is 2.55 bits per heavy atom. The third kappa shape index (κ3) is 3.04. The Bertz CT molecular complexity index is 800. The molecule has 2 aromatic carbocycles. The molecule has 0 bridgehead atoms. The molecule has 22 heavy (non-hydrogen) atoms. The first-order chi connectivity index (χ1) is 9.83. The van der Waals surface area contributed by atoms with Crippen molar-refractivity contribution in [3.8, 4) is 0 Å². The molecule has 0 atom stereocenters. The normalized spacial score (nSPS) is 15.0. The van der Waals surface area contributed by atoms with Crippen molar-refractivity contribution in [1.82, 2.24) is 0 Å². The van der Waals surface area contributed by atoms with Gasteiger partial charge in [0.05, 0.1) is 0 Å². The summed E-state index contributed by atoms with van der Waals surface area (Å²) in [5, 5.41) is 2.84. The quantitative estimate of drug-likeness (QED) is 0.604. The number of halogens is 2. The van der Waals surface area contributed by atoms with Gasteiger partial charge in [-0.05, 0) is 0 Å². The van der Waals surface area contributed by atoms with E-state index in [0.29, 0.717) is 0 Å². The maximum atomic E-state index is 2.50. The maximum Gasteiger partial charge on any atom is -1.00 e. The van der Waals surface area contributed by atoms with Gasteiger partial charge in [0.15, 0.2) is 0 Å². The summed E-state index contributed by atoms with van der Waals surface area (Å²) in [7, 11) is 0. The first-order valence-electron chi connectivity index (χ1n) is 7.17. The number of rotatable bonds is 2. The summed E-state index contributed by atoms with van der Waals surface area (Å²) in [5.74, 6) is 0. The van der Waals surface area contributed by atoms with Crippen LogP contribution in [0.4, 0.5) is 0 Å². The average Bonchev–Trinajstić information content (AvgIpc) is 3.07. The van der Waals surface area contributed by atoms with E-state index in [2.05, 4.69) is 61.5 Å². The second kappa shape index (κ2) is 7.30. The van der Waals surface area contributed by atoms with Gasteiger partial charge in [-0.2, -0.15) is 0 Å².